The SMILES string of the molecule is Cc1ccc(-c2ccc(CC(C#N)NC(=O)C3(NC(=O)OC(C)(C)C)CCOCC3)cc2)cc1C#N. The number of nitrogens with zero attached hydrogens (tertiary/aromatic N) is 2. The van der Waals surface area contributed by atoms with Crippen molar-refractivity contribution in [3.05, 3.63) is 59.2 Å². The summed E-state index contributed by atoms with van der Waals surface area (Å²) < 4.78 is 10.8. The number of aryl methyl sites for hydroxylation is 1. The number of ether oxygens (including phenoxy) is 2. The van der Waals surface area contributed by atoms with Gasteiger partial charge in [0.15, 0.2) is 0 Å². The molecule has 1 saturated heterocycles. The molecule has 8 nitrogen and oxygen atoms in total. The number of carbonyl (C=O) groups excluding carboxylic acids is 2. The van der Waals surface area contributed by atoms with Crippen LogP contribution in [-0.4, -0.2) is 42.4 Å². The van der Waals surface area contributed by atoms with E-state index in [1.165, 1.54) is 0 Å². The second kappa shape index (κ2) is 11.2. The summed E-state index contributed by atoms with van der Waals surface area (Å²) in [5.41, 5.74) is 2.41. The van der Waals surface area contributed by atoms with Crippen LogP contribution in [-0.2, 0) is 20.7 Å². The number of hydrogen-bond acceptors (Lipinski definition) is 6. The van der Waals surface area contributed by atoms with E-state index in [1.807, 2.05) is 49.4 Å². The van der Waals surface area contributed by atoms with Gasteiger partial charge in [-0.25, -0.2) is 4.79 Å². The smallest absolute Gasteiger partial charge is 0.408 e. The van der Waals surface area contributed by atoms with Crippen molar-refractivity contribution >= 4 is 12.0 Å². The zero-order valence-corrected chi connectivity index (χ0v) is 21.2. The van der Waals surface area contributed by atoms with Crippen LogP contribution in [0.5, 0.6) is 0 Å². The number of carbonyl (C=O) groups is 2. The van der Waals surface area contributed by atoms with Gasteiger partial charge in [0, 0.05) is 32.5 Å². The first-order chi connectivity index (χ1) is 17.0. The molecule has 0 bridgehead atoms. The van der Waals surface area contributed by atoms with Crippen LogP contribution < -0.4 is 10.6 Å². The molecule has 188 valence electrons. The van der Waals surface area contributed by atoms with Gasteiger partial charge in [-0.1, -0.05) is 36.4 Å². The number of nitrogens with one attached hydrogen (secondary N) is 2. The molecule has 0 radical (unpaired) electrons. The normalized spacial score (nSPS) is 15.6. The second-order valence-electron chi connectivity index (χ2n) is 10.0. The zero-order valence-electron chi connectivity index (χ0n) is 21.2. The fraction of sp³-hybridized carbons (Fsp3) is 0.429. The molecule has 0 spiro atoms. The predicted molar refractivity (Wildman–Crippen MR) is 135 cm³/mol. The molecule has 1 aliphatic rings. The van der Waals surface area contributed by atoms with Crippen LogP contribution in [0.4, 0.5) is 4.79 Å². The maximum Gasteiger partial charge on any atom is 0.408 e. The highest BCUT2D eigenvalue weighted by Crippen LogP contribution is 2.24. The molecular formula is C28H32N4O4. The maximum atomic E-state index is 13.3. The molecule has 3 rings (SSSR count). The highest BCUT2D eigenvalue weighted by atomic mass is 16.6. The van der Waals surface area contributed by atoms with E-state index < -0.39 is 29.2 Å². The van der Waals surface area contributed by atoms with Gasteiger partial charge in [0.05, 0.1) is 17.7 Å². The molecule has 2 amide bonds. The maximum absolute atomic E-state index is 13.3. The van der Waals surface area contributed by atoms with Gasteiger partial charge in [0.1, 0.15) is 17.2 Å². The fourth-order valence-electron chi connectivity index (χ4n) is 4.04. The molecule has 0 aromatic heterocycles. The summed E-state index contributed by atoms with van der Waals surface area (Å²) in [5, 5.41) is 24.6. The van der Waals surface area contributed by atoms with Crippen molar-refractivity contribution in [2.45, 2.75) is 64.1 Å². The standard InChI is InChI=1S/C28H32N4O4/c1-19-5-8-22(16-23(19)17-29)21-9-6-20(7-10-21)15-24(18-30)31-25(33)28(11-13-35-14-12-28)32-26(34)36-27(2,3)4/h5-10,16,24H,11-15H2,1-4H3,(H,31,33)(H,32,34). The molecule has 1 unspecified atom stereocenters. The Labute approximate surface area is 212 Å². The lowest BCUT2D eigenvalue weighted by Crippen LogP contribution is -2.63. The number of hydrogen-bond donors (Lipinski definition) is 2. The first kappa shape index (κ1) is 26.7. The van der Waals surface area contributed by atoms with Gasteiger partial charge in [-0.3, -0.25) is 4.79 Å². The van der Waals surface area contributed by atoms with Crippen molar-refractivity contribution in [1.29, 1.82) is 10.5 Å². The quantitative estimate of drug-likeness (QED) is 0.629. The van der Waals surface area contributed by atoms with Crippen LogP contribution in [0, 0.1) is 29.6 Å². The molecule has 1 fully saturated rings. The average molecular weight is 489 g/mol. The Balaban J connectivity index is 1.70. The van der Waals surface area contributed by atoms with E-state index in [9.17, 15) is 20.1 Å². The minimum atomic E-state index is -1.20. The molecule has 1 aliphatic heterocycles. The van der Waals surface area contributed by atoms with Crippen molar-refractivity contribution in [2.75, 3.05) is 13.2 Å². The Hall–Kier alpha value is -3.88. The Bertz CT molecular complexity index is 1180. The van der Waals surface area contributed by atoms with Gasteiger partial charge in [0.25, 0.3) is 0 Å². The lowest BCUT2D eigenvalue weighted by atomic mass is 9.88. The Morgan fingerprint density at radius 1 is 1.08 bits per heavy atom. The molecule has 0 saturated carbocycles. The number of amides is 2. The fourth-order valence-corrected chi connectivity index (χ4v) is 4.04. The number of nitriles is 2. The van der Waals surface area contributed by atoms with Crippen LogP contribution in [0.25, 0.3) is 11.1 Å². The number of alkyl carbamates (subject to hydrolysis) is 1. The minimum absolute atomic E-state index is 0.284. The largest absolute Gasteiger partial charge is 0.444 e. The van der Waals surface area contributed by atoms with E-state index in [0.717, 1.165) is 22.3 Å². The Morgan fingerprint density at radius 3 is 2.31 bits per heavy atom. The van der Waals surface area contributed by atoms with Crippen LogP contribution in [0.1, 0.15) is 50.3 Å². The third-order valence-corrected chi connectivity index (χ3v) is 6.07. The number of rotatable bonds is 6. The van der Waals surface area contributed by atoms with E-state index in [0.29, 0.717) is 25.2 Å². The molecule has 1 heterocycles. The summed E-state index contributed by atoms with van der Waals surface area (Å²) >= 11 is 0. The summed E-state index contributed by atoms with van der Waals surface area (Å²) in [6, 6.07) is 17.0. The predicted octanol–water partition coefficient (Wildman–Crippen LogP) is 4.16. The van der Waals surface area contributed by atoms with Crippen LogP contribution in [0.2, 0.25) is 0 Å². The zero-order chi connectivity index (χ0) is 26.3. The summed E-state index contributed by atoms with van der Waals surface area (Å²) in [5.74, 6) is -0.427. The van der Waals surface area contributed by atoms with Crippen LogP contribution in [0.15, 0.2) is 42.5 Å². The van der Waals surface area contributed by atoms with Crippen molar-refractivity contribution in [2.24, 2.45) is 0 Å². The van der Waals surface area contributed by atoms with Gasteiger partial charge in [-0.2, -0.15) is 10.5 Å². The molecule has 2 N–H and O–H groups in total. The molecule has 2 aromatic rings. The highest BCUT2D eigenvalue weighted by Gasteiger charge is 2.43. The van der Waals surface area contributed by atoms with Crippen LogP contribution in [0.3, 0.4) is 0 Å². The monoisotopic (exact) mass is 488 g/mol. The van der Waals surface area contributed by atoms with E-state index in [-0.39, 0.29) is 12.8 Å². The third kappa shape index (κ3) is 6.84. The van der Waals surface area contributed by atoms with Crippen molar-refractivity contribution in [3.8, 4) is 23.3 Å². The van der Waals surface area contributed by atoms with E-state index in [2.05, 4.69) is 22.8 Å². The summed E-state index contributed by atoms with van der Waals surface area (Å²) in [6.07, 6.45) is 0.191. The lowest BCUT2D eigenvalue weighted by Gasteiger charge is -2.37. The van der Waals surface area contributed by atoms with Crippen LogP contribution >= 0.6 is 0 Å². The Kier molecular flexibility index (Phi) is 8.34. The van der Waals surface area contributed by atoms with Crippen molar-refractivity contribution in [1.82, 2.24) is 10.6 Å². The molecule has 2 aromatic carbocycles. The topological polar surface area (TPSA) is 124 Å². The first-order valence-corrected chi connectivity index (χ1v) is 11.9. The lowest BCUT2D eigenvalue weighted by molar-refractivity contribution is -0.132. The van der Waals surface area contributed by atoms with Crippen molar-refractivity contribution < 1.29 is 19.1 Å². The average Bonchev–Trinajstić information content (AvgIpc) is 2.83. The first-order valence-electron chi connectivity index (χ1n) is 11.9. The van der Waals surface area contributed by atoms with Gasteiger partial charge in [0.2, 0.25) is 5.91 Å². The summed E-state index contributed by atoms with van der Waals surface area (Å²) in [7, 11) is 0. The molecule has 1 atom stereocenters. The number of benzene rings is 2. The van der Waals surface area contributed by atoms with Gasteiger partial charge >= 0.3 is 6.09 Å². The van der Waals surface area contributed by atoms with Gasteiger partial charge < -0.3 is 20.1 Å². The Morgan fingerprint density at radius 2 is 1.72 bits per heavy atom. The molecule has 36 heavy (non-hydrogen) atoms. The molecule has 0 aliphatic carbocycles. The van der Waals surface area contributed by atoms with Gasteiger partial charge in [-0.05, 0) is 56.0 Å². The van der Waals surface area contributed by atoms with E-state index in [1.54, 1.807) is 20.8 Å². The van der Waals surface area contributed by atoms with Gasteiger partial charge in [-0.15, -0.1) is 0 Å². The third-order valence-electron chi connectivity index (χ3n) is 6.07. The molecular weight excluding hydrogens is 456 g/mol. The van der Waals surface area contributed by atoms with E-state index in [4.69, 9.17) is 9.47 Å². The summed E-state index contributed by atoms with van der Waals surface area (Å²) in [4.78, 5) is 25.7. The van der Waals surface area contributed by atoms with Crippen molar-refractivity contribution in [3.63, 3.8) is 0 Å². The van der Waals surface area contributed by atoms with E-state index >= 15 is 0 Å². The second-order valence-corrected chi connectivity index (χ2v) is 10.0. The summed E-state index contributed by atoms with van der Waals surface area (Å²) in [6.45, 7) is 7.78. The molecule has 8 heteroatoms. The highest BCUT2D eigenvalue weighted by molar-refractivity contribution is 5.90. The minimum Gasteiger partial charge on any atom is -0.444 e.